The Kier molecular flexibility index (Phi) is 6.02. The summed E-state index contributed by atoms with van der Waals surface area (Å²) < 4.78 is 10.1. The average molecular weight is 300 g/mol. The zero-order valence-corrected chi connectivity index (χ0v) is 12.8. The second kappa shape index (κ2) is 7.31. The summed E-state index contributed by atoms with van der Waals surface area (Å²) in [6.07, 6.45) is 0.159. The van der Waals surface area contributed by atoms with Crippen LogP contribution in [-0.2, 0) is 9.47 Å². The monoisotopic (exact) mass is 300 g/mol. The van der Waals surface area contributed by atoms with Gasteiger partial charge in [-0.2, -0.15) is 0 Å². The van der Waals surface area contributed by atoms with E-state index in [1.165, 1.54) is 11.0 Å². The lowest BCUT2D eigenvalue weighted by atomic mass is 10.2. The van der Waals surface area contributed by atoms with Crippen LogP contribution in [0.3, 0.4) is 0 Å². The Balaban J connectivity index is 2.52. The van der Waals surface area contributed by atoms with E-state index in [1.54, 1.807) is 20.8 Å². The van der Waals surface area contributed by atoms with Gasteiger partial charge >= 0.3 is 12.2 Å². The summed E-state index contributed by atoms with van der Waals surface area (Å²) in [7, 11) is 0. The van der Waals surface area contributed by atoms with Gasteiger partial charge in [0.1, 0.15) is 12.2 Å². The van der Waals surface area contributed by atoms with Gasteiger partial charge in [0.05, 0.1) is 18.7 Å². The van der Waals surface area contributed by atoms with Gasteiger partial charge in [-0.05, 0) is 27.2 Å². The number of alkyl carbamates (subject to hydrolysis) is 1. The summed E-state index contributed by atoms with van der Waals surface area (Å²) >= 11 is 0. The van der Waals surface area contributed by atoms with Crippen LogP contribution in [0.4, 0.5) is 9.59 Å². The first-order valence-corrected chi connectivity index (χ1v) is 6.92. The van der Waals surface area contributed by atoms with Crippen LogP contribution < -0.4 is 5.32 Å². The fourth-order valence-electron chi connectivity index (χ4n) is 2.02. The highest BCUT2D eigenvalue weighted by Crippen LogP contribution is 2.20. The fourth-order valence-corrected chi connectivity index (χ4v) is 2.02. The minimum Gasteiger partial charge on any atom is -0.445 e. The molecule has 0 aromatic heterocycles. The molecule has 2 amide bonds. The van der Waals surface area contributed by atoms with Crippen molar-refractivity contribution < 1.29 is 24.2 Å². The maximum absolute atomic E-state index is 12.1. The lowest BCUT2D eigenvalue weighted by Crippen LogP contribution is -2.45. The van der Waals surface area contributed by atoms with Gasteiger partial charge in [0, 0.05) is 6.54 Å². The summed E-state index contributed by atoms with van der Waals surface area (Å²) in [6.45, 7) is 9.29. The molecule has 120 valence electrons. The van der Waals surface area contributed by atoms with Gasteiger partial charge < -0.3 is 24.8 Å². The summed E-state index contributed by atoms with van der Waals surface area (Å²) in [5, 5.41) is 12.3. The lowest BCUT2D eigenvalue weighted by Gasteiger charge is -2.28. The number of carbonyl (C=O) groups excluding carboxylic acids is 2. The summed E-state index contributed by atoms with van der Waals surface area (Å²) in [6, 6.07) is -0.314. The van der Waals surface area contributed by atoms with Crippen molar-refractivity contribution in [2.75, 3.05) is 19.7 Å². The average Bonchev–Trinajstić information content (AvgIpc) is 2.73. The highest BCUT2D eigenvalue weighted by atomic mass is 16.6. The Morgan fingerprint density at radius 3 is 2.71 bits per heavy atom. The number of hydrogen-bond acceptors (Lipinski definition) is 5. The molecular formula is C14H24N2O5. The SMILES string of the molecule is C=CCOC(=O)NC[C@@H]1C[C@@H](O)CN1C(=O)OC(C)(C)C. The topological polar surface area (TPSA) is 88.1 Å². The smallest absolute Gasteiger partial charge is 0.410 e. The second-order valence-corrected chi connectivity index (χ2v) is 5.94. The van der Waals surface area contributed by atoms with E-state index < -0.39 is 23.9 Å². The van der Waals surface area contributed by atoms with Crippen LogP contribution in [0, 0.1) is 0 Å². The third kappa shape index (κ3) is 6.03. The van der Waals surface area contributed by atoms with Crippen LogP contribution in [0.25, 0.3) is 0 Å². The molecule has 21 heavy (non-hydrogen) atoms. The predicted octanol–water partition coefficient (Wildman–Crippen LogP) is 1.27. The first-order chi connectivity index (χ1) is 9.73. The molecule has 0 radical (unpaired) electrons. The molecular weight excluding hydrogens is 276 g/mol. The molecule has 1 fully saturated rings. The highest BCUT2D eigenvalue weighted by Gasteiger charge is 2.36. The maximum Gasteiger partial charge on any atom is 0.410 e. The molecule has 0 aliphatic carbocycles. The molecule has 0 spiro atoms. The third-order valence-electron chi connectivity index (χ3n) is 2.83. The Bertz CT molecular complexity index is 391. The third-order valence-corrected chi connectivity index (χ3v) is 2.83. The van der Waals surface area contributed by atoms with Crippen LogP contribution in [0.5, 0.6) is 0 Å². The number of nitrogens with one attached hydrogen (secondary N) is 1. The summed E-state index contributed by atoms with van der Waals surface area (Å²) in [5.74, 6) is 0. The molecule has 2 atom stereocenters. The zero-order chi connectivity index (χ0) is 16.0. The van der Waals surface area contributed by atoms with Crippen LogP contribution in [-0.4, -0.2) is 59.6 Å². The Morgan fingerprint density at radius 2 is 2.14 bits per heavy atom. The molecule has 0 saturated carbocycles. The first-order valence-electron chi connectivity index (χ1n) is 6.92. The first kappa shape index (κ1) is 17.3. The largest absolute Gasteiger partial charge is 0.445 e. The minimum absolute atomic E-state index is 0.120. The number of rotatable bonds is 4. The molecule has 1 aliphatic rings. The van der Waals surface area contributed by atoms with E-state index >= 15 is 0 Å². The normalized spacial score (nSPS) is 21.8. The van der Waals surface area contributed by atoms with Gasteiger partial charge in [-0.1, -0.05) is 12.7 Å². The quantitative estimate of drug-likeness (QED) is 0.763. The number of β-amino-alcohol motifs (C(OH)–C–C–N with tert-alkyl or cyclic N) is 1. The Labute approximate surface area is 124 Å². The van der Waals surface area contributed by atoms with E-state index in [9.17, 15) is 14.7 Å². The van der Waals surface area contributed by atoms with Crippen LogP contribution in [0.1, 0.15) is 27.2 Å². The molecule has 2 N–H and O–H groups in total. The number of aliphatic hydroxyl groups excluding tert-OH is 1. The van der Waals surface area contributed by atoms with Gasteiger partial charge in [0.2, 0.25) is 0 Å². The van der Waals surface area contributed by atoms with Crippen LogP contribution >= 0.6 is 0 Å². The van der Waals surface area contributed by atoms with E-state index in [0.29, 0.717) is 6.42 Å². The summed E-state index contributed by atoms with van der Waals surface area (Å²) in [5.41, 5.74) is -0.606. The molecule has 0 aromatic rings. The number of nitrogens with zero attached hydrogens (tertiary/aromatic N) is 1. The standard InChI is InChI=1S/C14H24N2O5/c1-5-6-20-12(18)15-8-10-7-11(17)9-16(10)13(19)21-14(2,3)4/h5,10-11,17H,1,6-9H2,2-4H3,(H,15,18)/t10-,11+/m0/s1. The zero-order valence-electron chi connectivity index (χ0n) is 12.8. The van der Waals surface area contributed by atoms with Crippen LogP contribution in [0.2, 0.25) is 0 Å². The molecule has 0 unspecified atom stereocenters. The van der Waals surface area contributed by atoms with Crippen molar-refractivity contribution in [1.29, 1.82) is 0 Å². The van der Waals surface area contributed by atoms with Crippen molar-refractivity contribution in [3.8, 4) is 0 Å². The van der Waals surface area contributed by atoms with E-state index in [1.807, 2.05) is 0 Å². The molecule has 1 heterocycles. The lowest BCUT2D eigenvalue weighted by molar-refractivity contribution is 0.0207. The van der Waals surface area contributed by atoms with Crippen molar-refractivity contribution in [2.45, 2.75) is 44.9 Å². The van der Waals surface area contributed by atoms with Gasteiger partial charge in [-0.25, -0.2) is 9.59 Å². The Morgan fingerprint density at radius 1 is 1.48 bits per heavy atom. The second-order valence-electron chi connectivity index (χ2n) is 5.94. The van der Waals surface area contributed by atoms with Gasteiger partial charge in [-0.3, -0.25) is 0 Å². The van der Waals surface area contributed by atoms with E-state index in [2.05, 4.69) is 11.9 Å². The molecule has 7 heteroatoms. The number of amides is 2. The number of aliphatic hydroxyl groups is 1. The maximum atomic E-state index is 12.1. The minimum atomic E-state index is -0.617. The van der Waals surface area contributed by atoms with Gasteiger partial charge in [0.25, 0.3) is 0 Å². The van der Waals surface area contributed by atoms with Crippen molar-refractivity contribution in [1.82, 2.24) is 10.2 Å². The molecule has 1 saturated heterocycles. The van der Waals surface area contributed by atoms with Crippen molar-refractivity contribution in [3.63, 3.8) is 0 Å². The predicted molar refractivity (Wildman–Crippen MR) is 76.9 cm³/mol. The number of likely N-dealkylation sites (tertiary alicyclic amines) is 1. The molecule has 0 aromatic carbocycles. The van der Waals surface area contributed by atoms with Gasteiger partial charge in [0.15, 0.2) is 0 Å². The van der Waals surface area contributed by atoms with E-state index in [-0.39, 0.29) is 25.7 Å². The van der Waals surface area contributed by atoms with E-state index in [0.717, 1.165) is 0 Å². The molecule has 1 aliphatic heterocycles. The van der Waals surface area contributed by atoms with Gasteiger partial charge in [-0.15, -0.1) is 0 Å². The van der Waals surface area contributed by atoms with E-state index in [4.69, 9.17) is 9.47 Å². The molecule has 0 bridgehead atoms. The summed E-state index contributed by atoms with van der Waals surface area (Å²) in [4.78, 5) is 24.9. The highest BCUT2D eigenvalue weighted by molar-refractivity contribution is 5.70. The van der Waals surface area contributed by atoms with Crippen molar-refractivity contribution in [2.24, 2.45) is 0 Å². The number of hydrogen-bond donors (Lipinski definition) is 2. The molecule has 1 rings (SSSR count). The van der Waals surface area contributed by atoms with Crippen molar-refractivity contribution >= 4 is 12.2 Å². The Hall–Kier alpha value is -1.76. The number of ether oxygens (including phenoxy) is 2. The van der Waals surface area contributed by atoms with Crippen molar-refractivity contribution in [3.05, 3.63) is 12.7 Å². The molecule has 7 nitrogen and oxygen atoms in total. The number of carbonyl (C=O) groups is 2. The fraction of sp³-hybridized carbons (Fsp3) is 0.714. The van der Waals surface area contributed by atoms with Crippen LogP contribution in [0.15, 0.2) is 12.7 Å².